The molecule has 0 bridgehead atoms. The van der Waals surface area contributed by atoms with Crippen LogP contribution in [-0.4, -0.2) is 71.2 Å². The predicted octanol–water partition coefficient (Wildman–Crippen LogP) is -2.60. The van der Waals surface area contributed by atoms with Gasteiger partial charge in [0, 0.05) is 13.1 Å². The second kappa shape index (κ2) is 6.61. The average Bonchev–Trinajstić information content (AvgIpc) is 2.22. The van der Waals surface area contributed by atoms with Crippen molar-refractivity contribution in [3.8, 4) is 0 Å². The number of β-amino-alcohol motifs (C(OH)–C–C–N with tert-alkyl or cyclic N) is 2. The van der Waals surface area contributed by atoms with Gasteiger partial charge in [-0.1, -0.05) is 0 Å². The van der Waals surface area contributed by atoms with Crippen molar-refractivity contribution in [2.75, 3.05) is 32.9 Å². The van der Waals surface area contributed by atoms with E-state index in [0.717, 1.165) is 0 Å². The lowest BCUT2D eigenvalue weighted by Gasteiger charge is -2.33. The van der Waals surface area contributed by atoms with E-state index in [1.54, 1.807) is 0 Å². The smallest absolute Gasteiger partial charge is 0.156 e. The minimum atomic E-state index is -1.65. The summed E-state index contributed by atoms with van der Waals surface area (Å²) in [5, 5.41) is 26.3. The normalized spacial score (nSPS) is 11.7. The van der Waals surface area contributed by atoms with Crippen molar-refractivity contribution in [3.63, 3.8) is 0 Å². The summed E-state index contributed by atoms with van der Waals surface area (Å²) in [6, 6.07) is 0. The molecule has 3 N–H and O–H groups in total. The van der Waals surface area contributed by atoms with E-state index in [4.69, 9.17) is 15.3 Å². The lowest BCUT2D eigenvalue weighted by atomic mass is 10.0. The van der Waals surface area contributed by atoms with Gasteiger partial charge in [-0.15, -0.1) is 0 Å². The van der Waals surface area contributed by atoms with Gasteiger partial charge in [0.2, 0.25) is 0 Å². The number of aliphatic hydroxyl groups is 3. The molecule has 0 aliphatic rings. The third-order valence-corrected chi connectivity index (χ3v) is 1.99. The summed E-state index contributed by atoms with van der Waals surface area (Å²) in [5.74, 6) is 0. The molecular weight excluding hydrogens is 190 g/mol. The Balaban J connectivity index is 4.69. The number of hydrogen-bond acceptors (Lipinski definition) is 6. The summed E-state index contributed by atoms with van der Waals surface area (Å²) < 4.78 is 0. The first-order valence-corrected chi connectivity index (χ1v) is 4.21. The van der Waals surface area contributed by atoms with Crippen LogP contribution < -0.4 is 0 Å². The molecule has 14 heavy (non-hydrogen) atoms. The van der Waals surface area contributed by atoms with E-state index in [2.05, 4.69) is 0 Å². The van der Waals surface area contributed by atoms with Crippen LogP contribution >= 0.6 is 0 Å². The molecule has 0 amide bonds. The van der Waals surface area contributed by atoms with Crippen LogP contribution in [0.15, 0.2) is 0 Å². The maximum atomic E-state index is 10.7. The van der Waals surface area contributed by atoms with Crippen LogP contribution in [0, 0.1) is 0 Å². The Kier molecular flexibility index (Phi) is 6.22. The molecular formula is C8H15NO5. The van der Waals surface area contributed by atoms with Crippen molar-refractivity contribution in [2.24, 2.45) is 0 Å². The molecule has 0 aliphatic heterocycles. The quantitative estimate of drug-likeness (QED) is 0.297. The third-order valence-electron chi connectivity index (χ3n) is 1.99. The second-order valence-electron chi connectivity index (χ2n) is 2.82. The summed E-state index contributed by atoms with van der Waals surface area (Å²) in [5.41, 5.74) is -1.65. The molecule has 0 unspecified atom stereocenters. The van der Waals surface area contributed by atoms with Crippen molar-refractivity contribution in [1.29, 1.82) is 0 Å². The summed E-state index contributed by atoms with van der Waals surface area (Å²) in [7, 11) is 0. The fourth-order valence-electron chi connectivity index (χ4n) is 1.12. The van der Waals surface area contributed by atoms with E-state index < -0.39 is 12.1 Å². The van der Waals surface area contributed by atoms with Crippen LogP contribution in [0.4, 0.5) is 0 Å². The zero-order valence-electron chi connectivity index (χ0n) is 7.80. The van der Waals surface area contributed by atoms with E-state index in [9.17, 15) is 9.59 Å². The monoisotopic (exact) mass is 205 g/mol. The SMILES string of the molecule is O=CC(C=O)(CO)N(CCO)CCO. The molecule has 0 radical (unpaired) electrons. The minimum Gasteiger partial charge on any atom is -0.395 e. The molecule has 6 nitrogen and oxygen atoms in total. The minimum absolute atomic E-state index is 0.0403. The van der Waals surface area contributed by atoms with Gasteiger partial charge in [-0.3, -0.25) is 4.90 Å². The van der Waals surface area contributed by atoms with Gasteiger partial charge in [-0.25, -0.2) is 0 Å². The van der Waals surface area contributed by atoms with Crippen LogP contribution in [0.3, 0.4) is 0 Å². The third kappa shape index (κ3) is 2.85. The van der Waals surface area contributed by atoms with Gasteiger partial charge in [0.05, 0.1) is 19.8 Å². The zero-order chi connectivity index (χ0) is 11.0. The van der Waals surface area contributed by atoms with Gasteiger partial charge >= 0.3 is 0 Å². The van der Waals surface area contributed by atoms with Gasteiger partial charge in [0.1, 0.15) is 12.6 Å². The van der Waals surface area contributed by atoms with Crippen LogP contribution in [-0.2, 0) is 9.59 Å². The number of nitrogens with zero attached hydrogens (tertiary/aromatic N) is 1. The Bertz CT molecular complexity index is 171. The summed E-state index contributed by atoms with van der Waals surface area (Å²) in [6.45, 7) is -1.11. The first-order valence-electron chi connectivity index (χ1n) is 4.21. The first kappa shape index (κ1) is 13.2. The lowest BCUT2D eigenvalue weighted by Crippen LogP contribution is -2.56. The number of carbonyl (C=O) groups is 2. The molecule has 0 aliphatic carbocycles. The van der Waals surface area contributed by atoms with Crippen LogP contribution in [0.25, 0.3) is 0 Å². The predicted molar refractivity (Wildman–Crippen MR) is 47.7 cm³/mol. The molecule has 82 valence electrons. The highest BCUT2D eigenvalue weighted by Crippen LogP contribution is 2.08. The number of aldehydes is 2. The van der Waals surface area contributed by atoms with Crippen LogP contribution in [0.1, 0.15) is 0 Å². The van der Waals surface area contributed by atoms with Crippen LogP contribution in [0.2, 0.25) is 0 Å². The number of hydrogen-bond donors (Lipinski definition) is 3. The highest BCUT2D eigenvalue weighted by molar-refractivity contribution is 5.89. The van der Waals surface area contributed by atoms with Crippen molar-refractivity contribution >= 4 is 12.6 Å². The Morgan fingerprint density at radius 3 is 1.64 bits per heavy atom. The van der Waals surface area contributed by atoms with E-state index in [-0.39, 0.29) is 26.3 Å². The average molecular weight is 205 g/mol. The van der Waals surface area contributed by atoms with Crippen LogP contribution in [0.5, 0.6) is 0 Å². The van der Waals surface area contributed by atoms with E-state index >= 15 is 0 Å². The number of rotatable bonds is 8. The fourth-order valence-corrected chi connectivity index (χ4v) is 1.12. The fraction of sp³-hybridized carbons (Fsp3) is 0.750. The maximum Gasteiger partial charge on any atom is 0.156 e. The maximum absolute atomic E-state index is 10.7. The number of aliphatic hydroxyl groups excluding tert-OH is 3. The molecule has 6 heteroatoms. The van der Waals surface area contributed by atoms with Gasteiger partial charge in [-0.05, 0) is 0 Å². The van der Waals surface area contributed by atoms with Gasteiger partial charge in [0.25, 0.3) is 0 Å². The highest BCUT2D eigenvalue weighted by Gasteiger charge is 2.35. The van der Waals surface area contributed by atoms with Gasteiger partial charge in [0.15, 0.2) is 5.54 Å². The zero-order valence-corrected chi connectivity index (χ0v) is 7.80. The molecule has 0 heterocycles. The standard InChI is InChI=1S/C8H15NO5/c10-3-1-9(2-4-11)8(5-12,6-13)7-14/h5-6,10-11,14H,1-4,7H2. The highest BCUT2D eigenvalue weighted by atomic mass is 16.3. The molecule has 0 saturated heterocycles. The van der Waals surface area contributed by atoms with E-state index in [1.807, 2.05) is 0 Å². The van der Waals surface area contributed by atoms with Crippen molar-refractivity contribution in [1.82, 2.24) is 4.90 Å². The molecule has 0 fully saturated rings. The Labute approximate surface area is 81.8 Å². The van der Waals surface area contributed by atoms with E-state index in [0.29, 0.717) is 12.6 Å². The van der Waals surface area contributed by atoms with Gasteiger partial charge in [-0.2, -0.15) is 0 Å². The molecule has 0 atom stereocenters. The molecule has 0 aromatic carbocycles. The second-order valence-corrected chi connectivity index (χ2v) is 2.82. The number of carbonyl (C=O) groups excluding carboxylic acids is 2. The topological polar surface area (TPSA) is 98.1 Å². The Morgan fingerprint density at radius 1 is 1.00 bits per heavy atom. The van der Waals surface area contributed by atoms with E-state index in [1.165, 1.54) is 4.90 Å². The van der Waals surface area contributed by atoms with Crippen molar-refractivity contribution in [3.05, 3.63) is 0 Å². The van der Waals surface area contributed by atoms with Crippen molar-refractivity contribution < 1.29 is 24.9 Å². The first-order chi connectivity index (χ1) is 6.70. The van der Waals surface area contributed by atoms with Crippen molar-refractivity contribution in [2.45, 2.75) is 5.54 Å². The largest absolute Gasteiger partial charge is 0.395 e. The molecule has 0 saturated carbocycles. The molecule has 0 rings (SSSR count). The van der Waals surface area contributed by atoms with Gasteiger partial charge < -0.3 is 24.9 Å². The summed E-state index contributed by atoms with van der Waals surface area (Å²) >= 11 is 0. The molecule has 0 spiro atoms. The Morgan fingerprint density at radius 2 is 1.43 bits per heavy atom. The molecule has 0 aromatic rings. The summed E-state index contributed by atoms with van der Waals surface area (Å²) in [4.78, 5) is 22.6. The molecule has 0 aromatic heterocycles. The lowest BCUT2D eigenvalue weighted by molar-refractivity contribution is -0.133. The summed E-state index contributed by atoms with van der Waals surface area (Å²) in [6.07, 6.45) is 0.622. The Hall–Kier alpha value is -0.820.